The lowest BCUT2D eigenvalue weighted by Gasteiger charge is -2.10. The molecule has 0 aliphatic rings. The Kier molecular flexibility index (Phi) is 4.45. The van der Waals surface area contributed by atoms with Crippen LogP contribution in [0.3, 0.4) is 0 Å². The zero-order chi connectivity index (χ0) is 14.9. The number of halogens is 3. The van der Waals surface area contributed by atoms with Gasteiger partial charge in [0, 0.05) is 4.47 Å². The van der Waals surface area contributed by atoms with Crippen LogP contribution < -0.4 is 4.74 Å². The number of carboxylic acid groups (broad SMARTS) is 1. The van der Waals surface area contributed by atoms with Gasteiger partial charge in [0.1, 0.15) is 5.75 Å². The molecule has 6 heteroatoms. The fraction of sp³-hybridized carbons (Fsp3) is 0.0714. The maximum atomic E-state index is 14.0. The molecule has 0 spiro atoms. The SMILES string of the molecule is Cc1cc(Oc2ccc(C(=O)O)c(Br)c2F)ccc1Br. The second kappa shape index (κ2) is 5.93. The lowest BCUT2D eigenvalue weighted by atomic mass is 10.2. The van der Waals surface area contributed by atoms with Crippen LogP contribution in [-0.4, -0.2) is 11.1 Å². The summed E-state index contributed by atoms with van der Waals surface area (Å²) < 4.78 is 20.3. The highest BCUT2D eigenvalue weighted by molar-refractivity contribution is 9.10. The van der Waals surface area contributed by atoms with Gasteiger partial charge < -0.3 is 9.84 Å². The van der Waals surface area contributed by atoms with E-state index in [-0.39, 0.29) is 15.8 Å². The van der Waals surface area contributed by atoms with E-state index in [4.69, 9.17) is 9.84 Å². The number of carbonyl (C=O) groups is 1. The molecule has 0 heterocycles. The zero-order valence-corrected chi connectivity index (χ0v) is 13.5. The van der Waals surface area contributed by atoms with Crippen molar-refractivity contribution in [2.45, 2.75) is 6.92 Å². The molecule has 0 aliphatic heterocycles. The van der Waals surface area contributed by atoms with Gasteiger partial charge in [-0.2, -0.15) is 0 Å². The second-order valence-electron chi connectivity index (χ2n) is 4.06. The molecule has 0 aliphatic carbocycles. The van der Waals surface area contributed by atoms with E-state index < -0.39 is 11.8 Å². The van der Waals surface area contributed by atoms with Crippen molar-refractivity contribution in [2.75, 3.05) is 0 Å². The predicted molar refractivity (Wildman–Crippen MR) is 80.0 cm³/mol. The van der Waals surface area contributed by atoms with Crippen LogP contribution in [0.15, 0.2) is 39.3 Å². The fourth-order valence-corrected chi connectivity index (χ4v) is 2.33. The summed E-state index contributed by atoms with van der Waals surface area (Å²) >= 11 is 6.29. The van der Waals surface area contributed by atoms with Gasteiger partial charge in [0.15, 0.2) is 11.6 Å². The van der Waals surface area contributed by atoms with E-state index in [1.807, 2.05) is 6.92 Å². The van der Waals surface area contributed by atoms with E-state index in [9.17, 15) is 9.18 Å². The highest BCUT2D eigenvalue weighted by Crippen LogP contribution is 2.32. The monoisotopic (exact) mass is 402 g/mol. The molecule has 0 unspecified atom stereocenters. The Labute approximate surface area is 131 Å². The van der Waals surface area contributed by atoms with Crippen LogP contribution in [0.25, 0.3) is 0 Å². The van der Waals surface area contributed by atoms with Crippen LogP contribution in [0.5, 0.6) is 11.5 Å². The summed E-state index contributed by atoms with van der Waals surface area (Å²) in [4.78, 5) is 10.9. The van der Waals surface area contributed by atoms with Gasteiger partial charge in [0.2, 0.25) is 0 Å². The minimum atomic E-state index is -1.21. The van der Waals surface area contributed by atoms with E-state index in [1.54, 1.807) is 18.2 Å². The van der Waals surface area contributed by atoms with Gasteiger partial charge in [-0.25, -0.2) is 9.18 Å². The number of carboxylic acids is 1. The van der Waals surface area contributed by atoms with Crippen molar-refractivity contribution < 1.29 is 19.0 Å². The van der Waals surface area contributed by atoms with E-state index in [0.717, 1.165) is 10.0 Å². The third-order valence-electron chi connectivity index (χ3n) is 2.63. The molecule has 0 radical (unpaired) electrons. The highest BCUT2D eigenvalue weighted by Gasteiger charge is 2.17. The Morgan fingerprint density at radius 3 is 2.55 bits per heavy atom. The van der Waals surface area contributed by atoms with Crippen LogP contribution in [-0.2, 0) is 0 Å². The molecule has 0 atom stereocenters. The summed E-state index contributed by atoms with van der Waals surface area (Å²) in [5.41, 5.74) is 0.797. The molecule has 104 valence electrons. The van der Waals surface area contributed by atoms with Gasteiger partial charge in [-0.1, -0.05) is 15.9 Å². The number of aryl methyl sites for hydroxylation is 1. The summed E-state index contributed by atoms with van der Waals surface area (Å²) in [6.45, 7) is 1.89. The number of rotatable bonds is 3. The molecular formula is C14H9Br2FO3. The third kappa shape index (κ3) is 3.02. The summed E-state index contributed by atoms with van der Waals surface area (Å²) in [5.74, 6) is -1.52. The second-order valence-corrected chi connectivity index (χ2v) is 5.70. The molecule has 0 bridgehead atoms. The summed E-state index contributed by atoms with van der Waals surface area (Å²) in [5, 5.41) is 8.89. The third-order valence-corrected chi connectivity index (χ3v) is 4.30. The predicted octanol–water partition coefficient (Wildman–Crippen LogP) is 5.15. The molecule has 20 heavy (non-hydrogen) atoms. The standard InChI is InChI=1S/C14H9Br2FO3/c1-7-6-8(2-4-10(7)15)20-11-5-3-9(14(18)19)12(16)13(11)17/h2-6H,1H3,(H,18,19). The molecule has 0 saturated heterocycles. The van der Waals surface area contributed by atoms with E-state index in [2.05, 4.69) is 31.9 Å². The van der Waals surface area contributed by atoms with Crippen LogP contribution in [0.2, 0.25) is 0 Å². The van der Waals surface area contributed by atoms with Crippen LogP contribution in [0.4, 0.5) is 4.39 Å². The van der Waals surface area contributed by atoms with Crippen molar-refractivity contribution in [1.29, 1.82) is 0 Å². The first-order valence-electron chi connectivity index (χ1n) is 5.55. The maximum Gasteiger partial charge on any atom is 0.336 e. The van der Waals surface area contributed by atoms with Crippen molar-refractivity contribution in [3.8, 4) is 11.5 Å². The van der Waals surface area contributed by atoms with Crippen molar-refractivity contribution >= 4 is 37.8 Å². The van der Waals surface area contributed by atoms with Crippen molar-refractivity contribution in [2.24, 2.45) is 0 Å². The molecule has 0 amide bonds. The Hall–Kier alpha value is -1.40. The van der Waals surface area contributed by atoms with Gasteiger partial charge in [-0.3, -0.25) is 0 Å². The molecule has 0 aromatic heterocycles. The smallest absolute Gasteiger partial charge is 0.336 e. The van der Waals surface area contributed by atoms with E-state index in [0.29, 0.717) is 5.75 Å². The number of ether oxygens (including phenoxy) is 1. The van der Waals surface area contributed by atoms with Crippen LogP contribution in [0, 0.1) is 12.7 Å². The number of benzene rings is 2. The lowest BCUT2D eigenvalue weighted by Crippen LogP contribution is -2.00. The topological polar surface area (TPSA) is 46.5 Å². The molecule has 2 aromatic rings. The van der Waals surface area contributed by atoms with Gasteiger partial charge in [-0.05, 0) is 58.7 Å². The number of hydrogen-bond donors (Lipinski definition) is 1. The lowest BCUT2D eigenvalue weighted by molar-refractivity contribution is 0.0695. The van der Waals surface area contributed by atoms with Crippen LogP contribution >= 0.6 is 31.9 Å². The van der Waals surface area contributed by atoms with Crippen molar-refractivity contribution in [1.82, 2.24) is 0 Å². The van der Waals surface area contributed by atoms with Crippen molar-refractivity contribution in [3.05, 3.63) is 56.2 Å². The Morgan fingerprint density at radius 2 is 1.95 bits per heavy atom. The van der Waals surface area contributed by atoms with Gasteiger partial charge in [0.05, 0.1) is 10.0 Å². The van der Waals surface area contributed by atoms with Gasteiger partial charge >= 0.3 is 5.97 Å². The first-order valence-corrected chi connectivity index (χ1v) is 7.14. The van der Waals surface area contributed by atoms with Gasteiger partial charge in [-0.15, -0.1) is 0 Å². The minimum Gasteiger partial charge on any atom is -0.478 e. The van der Waals surface area contributed by atoms with Crippen molar-refractivity contribution in [3.63, 3.8) is 0 Å². The van der Waals surface area contributed by atoms with E-state index in [1.165, 1.54) is 12.1 Å². The Morgan fingerprint density at radius 1 is 1.25 bits per heavy atom. The molecule has 0 saturated carbocycles. The average molecular weight is 404 g/mol. The first kappa shape index (κ1) is 15.0. The molecule has 1 N–H and O–H groups in total. The Bertz CT molecular complexity index is 686. The maximum absolute atomic E-state index is 14.0. The summed E-state index contributed by atoms with van der Waals surface area (Å²) in [7, 11) is 0. The molecule has 2 rings (SSSR count). The zero-order valence-electron chi connectivity index (χ0n) is 10.3. The largest absolute Gasteiger partial charge is 0.478 e. The first-order chi connectivity index (χ1) is 9.40. The fourth-order valence-electron chi connectivity index (χ4n) is 1.58. The Balaban J connectivity index is 2.37. The normalized spacial score (nSPS) is 10.4. The van der Waals surface area contributed by atoms with Gasteiger partial charge in [0.25, 0.3) is 0 Å². The number of hydrogen-bond acceptors (Lipinski definition) is 2. The summed E-state index contributed by atoms with van der Waals surface area (Å²) in [6, 6.07) is 7.82. The quantitative estimate of drug-likeness (QED) is 0.770. The minimum absolute atomic E-state index is 0.0383. The summed E-state index contributed by atoms with van der Waals surface area (Å²) in [6.07, 6.45) is 0. The van der Waals surface area contributed by atoms with E-state index >= 15 is 0 Å². The molecule has 0 fully saturated rings. The molecule has 3 nitrogen and oxygen atoms in total. The highest BCUT2D eigenvalue weighted by atomic mass is 79.9. The molecular weight excluding hydrogens is 395 g/mol. The average Bonchev–Trinajstić information content (AvgIpc) is 2.39. The number of aromatic carboxylic acids is 1. The molecule has 2 aromatic carbocycles. The van der Waals surface area contributed by atoms with Crippen LogP contribution in [0.1, 0.15) is 15.9 Å².